The molecule has 5 nitrogen and oxygen atoms in total. The minimum atomic E-state index is -0.100. The predicted octanol–water partition coefficient (Wildman–Crippen LogP) is 4.69. The first-order valence-corrected chi connectivity index (χ1v) is 9.24. The lowest BCUT2D eigenvalue weighted by Crippen LogP contribution is -2.30. The summed E-state index contributed by atoms with van der Waals surface area (Å²) < 4.78 is 0. The molecule has 0 saturated heterocycles. The molecule has 3 aromatic rings. The highest BCUT2D eigenvalue weighted by Crippen LogP contribution is 2.18. The molecule has 1 aromatic heterocycles. The minimum absolute atomic E-state index is 0.0146. The normalized spacial score (nSPS) is 10.4. The number of rotatable bonds is 7. The Balaban J connectivity index is 1.70. The molecular formula is C23H23N3O2. The van der Waals surface area contributed by atoms with E-state index in [0.29, 0.717) is 24.3 Å². The average molecular weight is 373 g/mol. The molecule has 142 valence electrons. The lowest BCUT2D eigenvalue weighted by molar-refractivity contribution is 0.0746. The summed E-state index contributed by atoms with van der Waals surface area (Å²) in [7, 11) is 0. The zero-order chi connectivity index (χ0) is 19.9. The number of pyridine rings is 1. The molecule has 0 aliphatic rings. The van der Waals surface area contributed by atoms with Crippen LogP contribution in [0.3, 0.4) is 0 Å². The SMILES string of the molecule is CCN(Cc1ccccc1)C(=O)c1ccc(Nc2cccc(C(C)=O)c2)cn1. The van der Waals surface area contributed by atoms with Crippen molar-refractivity contribution in [2.75, 3.05) is 11.9 Å². The number of benzene rings is 2. The molecule has 0 aliphatic heterocycles. The molecule has 3 rings (SSSR count). The lowest BCUT2D eigenvalue weighted by atomic mass is 10.1. The highest BCUT2D eigenvalue weighted by atomic mass is 16.2. The van der Waals surface area contributed by atoms with Gasteiger partial charge in [-0.1, -0.05) is 42.5 Å². The summed E-state index contributed by atoms with van der Waals surface area (Å²) >= 11 is 0. The molecule has 1 heterocycles. The minimum Gasteiger partial charge on any atom is -0.354 e. The van der Waals surface area contributed by atoms with E-state index in [2.05, 4.69) is 10.3 Å². The van der Waals surface area contributed by atoms with Crippen molar-refractivity contribution in [2.45, 2.75) is 20.4 Å². The van der Waals surface area contributed by atoms with Gasteiger partial charge in [0.25, 0.3) is 5.91 Å². The standard InChI is InChI=1S/C23H23N3O2/c1-3-26(16-18-8-5-4-6-9-18)23(28)22-13-12-21(15-24-22)25-20-11-7-10-19(14-20)17(2)27/h4-15,25H,3,16H2,1-2H3. The van der Waals surface area contributed by atoms with E-state index in [-0.39, 0.29) is 11.7 Å². The first-order chi connectivity index (χ1) is 13.6. The molecule has 1 N–H and O–H groups in total. The Morgan fingerprint density at radius 3 is 2.39 bits per heavy atom. The van der Waals surface area contributed by atoms with Crippen molar-refractivity contribution >= 4 is 23.1 Å². The maximum Gasteiger partial charge on any atom is 0.272 e. The smallest absolute Gasteiger partial charge is 0.272 e. The Bertz CT molecular complexity index is 953. The Morgan fingerprint density at radius 2 is 1.75 bits per heavy atom. The van der Waals surface area contributed by atoms with Gasteiger partial charge in [0.2, 0.25) is 0 Å². The topological polar surface area (TPSA) is 62.3 Å². The van der Waals surface area contributed by atoms with Crippen molar-refractivity contribution in [3.05, 3.63) is 89.7 Å². The second kappa shape index (κ2) is 8.95. The van der Waals surface area contributed by atoms with Crippen molar-refractivity contribution in [1.29, 1.82) is 0 Å². The molecule has 0 spiro atoms. The molecule has 5 heteroatoms. The number of hydrogen-bond acceptors (Lipinski definition) is 4. The van der Waals surface area contributed by atoms with E-state index in [1.165, 1.54) is 6.92 Å². The second-order valence-electron chi connectivity index (χ2n) is 6.50. The first kappa shape index (κ1) is 19.3. The van der Waals surface area contributed by atoms with E-state index in [9.17, 15) is 9.59 Å². The predicted molar refractivity (Wildman–Crippen MR) is 111 cm³/mol. The van der Waals surface area contributed by atoms with Crippen molar-refractivity contribution in [3.8, 4) is 0 Å². The number of hydrogen-bond donors (Lipinski definition) is 1. The van der Waals surface area contributed by atoms with Gasteiger partial charge >= 0.3 is 0 Å². The van der Waals surface area contributed by atoms with Crippen LogP contribution in [0.4, 0.5) is 11.4 Å². The van der Waals surface area contributed by atoms with E-state index in [1.54, 1.807) is 29.3 Å². The summed E-state index contributed by atoms with van der Waals surface area (Å²) in [5.74, 6) is -0.0859. The first-order valence-electron chi connectivity index (χ1n) is 9.24. The summed E-state index contributed by atoms with van der Waals surface area (Å²) in [4.78, 5) is 30.4. The second-order valence-corrected chi connectivity index (χ2v) is 6.50. The number of nitrogens with one attached hydrogen (secondary N) is 1. The Kier molecular flexibility index (Phi) is 6.17. The fourth-order valence-corrected chi connectivity index (χ4v) is 2.87. The third-order valence-electron chi connectivity index (χ3n) is 4.43. The molecule has 0 atom stereocenters. The van der Waals surface area contributed by atoms with E-state index in [4.69, 9.17) is 0 Å². The quantitative estimate of drug-likeness (QED) is 0.610. The molecule has 0 aliphatic carbocycles. The average Bonchev–Trinajstić information content (AvgIpc) is 2.73. The number of aromatic nitrogens is 1. The number of anilines is 2. The Morgan fingerprint density at radius 1 is 0.964 bits per heavy atom. The van der Waals surface area contributed by atoms with Crippen LogP contribution in [0.1, 0.15) is 40.3 Å². The van der Waals surface area contributed by atoms with Crippen LogP contribution in [0.2, 0.25) is 0 Å². The van der Waals surface area contributed by atoms with E-state index >= 15 is 0 Å². The summed E-state index contributed by atoms with van der Waals surface area (Å²) in [6, 6.07) is 20.7. The Labute approximate surface area is 165 Å². The van der Waals surface area contributed by atoms with Crippen molar-refractivity contribution < 1.29 is 9.59 Å². The number of ketones is 1. The fourth-order valence-electron chi connectivity index (χ4n) is 2.87. The number of Topliss-reactive ketones (excluding diaryl/α,β-unsaturated/α-hetero) is 1. The molecule has 1 amide bonds. The van der Waals surface area contributed by atoms with E-state index in [1.807, 2.05) is 55.5 Å². The number of carbonyl (C=O) groups is 2. The summed E-state index contributed by atoms with van der Waals surface area (Å²) in [6.07, 6.45) is 1.63. The molecule has 0 radical (unpaired) electrons. The zero-order valence-electron chi connectivity index (χ0n) is 16.1. The summed E-state index contributed by atoms with van der Waals surface area (Å²) in [5.41, 5.74) is 3.68. The van der Waals surface area contributed by atoms with Gasteiger partial charge in [-0.05, 0) is 43.7 Å². The molecule has 0 fully saturated rings. The van der Waals surface area contributed by atoms with Crippen LogP contribution in [0.25, 0.3) is 0 Å². The number of carbonyl (C=O) groups excluding carboxylic acids is 2. The van der Waals surface area contributed by atoms with Crippen LogP contribution in [0.5, 0.6) is 0 Å². The van der Waals surface area contributed by atoms with Gasteiger partial charge in [0.15, 0.2) is 5.78 Å². The van der Waals surface area contributed by atoms with Crippen molar-refractivity contribution in [3.63, 3.8) is 0 Å². The van der Waals surface area contributed by atoms with Gasteiger partial charge in [0.1, 0.15) is 5.69 Å². The van der Waals surface area contributed by atoms with Crippen LogP contribution in [-0.4, -0.2) is 28.1 Å². The lowest BCUT2D eigenvalue weighted by Gasteiger charge is -2.20. The highest BCUT2D eigenvalue weighted by molar-refractivity contribution is 5.95. The summed E-state index contributed by atoms with van der Waals surface area (Å²) in [6.45, 7) is 4.65. The third-order valence-corrected chi connectivity index (χ3v) is 4.43. The van der Waals surface area contributed by atoms with Gasteiger partial charge < -0.3 is 10.2 Å². The largest absolute Gasteiger partial charge is 0.354 e. The maximum atomic E-state index is 12.8. The monoisotopic (exact) mass is 373 g/mol. The van der Waals surface area contributed by atoms with E-state index in [0.717, 1.165) is 16.9 Å². The zero-order valence-corrected chi connectivity index (χ0v) is 16.1. The molecule has 0 bridgehead atoms. The van der Waals surface area contributed by atoms with Crippen LogP contribution in [-0.2, 0) is 6.54 Å². The van der Waals surface area contributed by atoms with Crippen LogP contribution in [0.15, 0.2) is 72.9 Å². The Hall–Kier alpha value is -3.47. The van der Waals surface area contributed by atoms with Gasteiger partial charge in [-0.15, -0.1) is 0 Å². The van der Waals surface area contributed by atoms with Crippen molar-refractivity contribution in [2.24, 2.45) is 0 Å². The van der Waals surface area contributed by atoms with Crippen LogP contribution in [0, 0.1) is 0 Å². The highest BCUT2D eigenvalue weighted by Gasteiger charge is 2.15. The molecule has 2 aromatic carbocycles. The molecule has 0 saturated carbocycles. The van der Waals surface area contributed by atoms with Gasteiger partial charge in [-0.2, -0.15) is 0 Å². The number of amides is 1. The number of nitrogens with zero attached hydrogens (tertiary/aromatic N) is 2. The van der Waals surface area contributed by atoms with Crippen LogP contribution < -0.4 is 5.32 Å². The van der Waals surface area contributed by atoms with Gasteiger partial charge in [-0.25, -0.2) is 4.98 Å². The van der Waals surface area contributed by atoms with E-state index < -0.39 is 0 Å². The molecule has 28 heavy (non-hydrogen) atoms. The summed E-state index contributed by atoms with van der Waals surface area (Å²) in [5, 5.41) is 3.21. The fraction of sp³-hybridized carbons (Fsp3) is 0.174. The molecular weight excluding hydrogens is 350 g/mol. The van der Waals surface area contributed by atoms with Gasteiger partial charge in [-0.3, -0.25) is 9.59 Å². The maximum absolute atomic E-state index is 12.8. The van der Waals surface area contributed by atoms with Gasteiger partial charge in [0.05, 0.1) is 11.9 Å². The molecule has 0 unspecified atom stereocenters. The van der Waals surface area contributed by atoms with Crippen LogP contribution >= 0.6 is 0 Å². The third kappa shape index (κ3) is 4.82. The van der Waals surface area contributed by atoms with Crippen molar-refractivity contribution in [1.82, 2.24) is 9.88 Å². The van der Waals surface area contributed by atoms with Gasteiger partial charge in [0, 0.05) is 24.3 Å².